The molecule has 0 heterocycles. The standard InChI is InChI=1S/C10H7N3O2Se2/c11-6-16-4-8-1-2-9(5-17-7-12)10(3-8)13(14)15/h1-3H,4-5H2. The van der Waals surface area contributed by atoms with E-state index in [0.29, 0.717) is 16.2 Å². The number of benzene rings is 1. The number of nitrogens with zero attached hydrogens (tertiary/aromatic N) is 3. The first-order valence-corrected chi connectivity index (χ1v) is 8.60. The summed E-state index contributed by atoms with van der Waals surface area (Å²) in [5.74, 6) is 0. The van der Waals surface area contributed by atoms with Crippen LogP contribution in [-0.4, -0.2) is 34.8 Å². The third-order valence-corrected chi connectivity index (χ3v) is 4.44. The van der Waals surface area contributed by atoms with Gasteiger partial charge in [-0.1, -0.05) is 0 Å². The van der Waals surface area contributed by atoms with Crippen molar-refractivity contribution >= 4 is 35.6 Å². The quantitative estimate of drug-likeness (QED) is 0.445. The second kappa shape index (κ2) is 7.06. The van der Waals surface area contributed by atoms with Gasteiger partial charge in [0.05, 0.1) is 0 Å². The van der Waals surface area contributed by atoms with Gasteiger partial charge in [-0.15, -0.1) is 0 Å². The minimum atomic E-state index is -0.425. The van der Waals surface area contributed by atoms with Crippen molar-refractivity contribution in [2.75, 3.05) is 0 Å². The van der Waals surface area contributed by atoms with Crippen LogP contribution in [-0.2, 0) is 10.6 Å². The van der Waals surface area contributed by atoms with Crippen LogP contribution in [0.3, 0.4) is 0 Å². The van der Waals surface area contributed by atoms with Gasteiger partial charge in [0, 0.05) is 0 Å². The summed E-state index contributed by atoms with van der Waals surface area (Å²) in [5, 5.41) is 28.9. The fraction of sp³-hybridized carbons (Fsp3) is 0.200. The molecule has 7 heteroatoms. The third kappa shape index (κ3) is 4.18. The average Bonchev–Trinajstić information content (AvgIpc) is 2.34. The van der Waals surface area contributed by atoms with Crippen LogP contribution in [0.15, 0.2) is 18.2 Å². The van der Waals surface area contributed by atoms with Crippen LogP contribution in [0.5, 0.6) is 0 Å². The summed E-state index contributed by atoms with van der Waals surface area (Å²) in [6.45, 7) is 0. The second-order valence-electron chi connectivity index (χ2n) is 2.98. The van der Waals surface area contributed by atoms with Crippen LogP contribution in [0.4, 0.5) is 5.69 Å². The molecule has 0 N–H and O–H groups in total. The predicted octanol–water partition coefficient (Wildman–Crippen LogP) is 0.965. The summed E-state index contributed by atoms with van der Waals surface area (Å²) < 4.78 is 0. The molecule has 1 aromatic carbocycles. The minimum absolute atomic E-state index is 0.0633. The van der Waals surface area contributed by atoms with E-state index in [1.807, 2.05) is 4.97 Å². The topological polar surface area (TPSA) is 90.7 Å². The maximum absolute atomic E-state index is 10.9. The molecule has 0 saturated carbocycles. The molecule has 1 rings (SSSR count). The van der Waals surface area contributed by atoms with Gasteiger partial charge in [0.25, 0.3) is 0 Å². The number of hydrogen-bond acceptors (Lipinski definition) is 4. The fourth-order valence-corrected chi connectivity index (χ4v) is 3.05. The zero-order valence-electron chi connectivity index (χ0n) is 8.62. The van der Waals surface area contributed by atoms with Gasteiger partial charge in [0.2, 0.25) is 0 Å². The number of nitro groups is 1. The number of rotatable bonds is 5. The zero-order chi connectivity index (χ0) is 12.7. The van der Waals surface area contributed by atoms with Crippen molar-refractivity contribution in [2.45, 2.75) is 10.6 Å². The summed E-state index contributed by atoms with van der Waals surface area (Å²) >= 11 is -0.436. The summed E-state index contributed by atoms with van der Waals surface area (Å²) in [7, 11) is 0. The Kier molecular flexibility index (Phi) is 5.69. The van der Waals surface area contributed by atoms with Crippen LogP contribution in [0.25, 0.3) is 0 Å². The molecule has 0 radical (unpaired) electrons. The number of nitro benzene ring substituents is 1. The number of nitriles is 2. The van der Waals surface area contributed by atoms with Gasteiger partial charge in [-0.25, -0.2) is 0 Å². The van der Waals surface area contributed by atoms with Crippen molar-refractivity contribution in [2.24, 2.45) is 0 Å². The van der Waals surface area contributed by atoms with E-state index in [1.54, 1.807) is 12.1 Å². The molecule has 0 aliphatic heterocycles. The molecule has 0 amide bonds. The number of hydrogen-bond donors (Lipinski definition) is 0. The molecule has 0 aliphatic carbocycles. The molecule has 0 bridgehead atoms. The average molecular weight is 359 g/mol. The molecule has 0 spiro atoms. The molecule has 0 atom stereocenters. The molecule has 5 nitrogen and oxygen atoms in total. The van der Waals surface area contributed by atoms with Crippen LogP contribution in [0, 0.1) is 30.6 Å². The van der Waals surface area contributed by atoms with E-state index >= 15 is 0 Å². The van der Waals surface area contributed by atoms with E-state index in [9.17, 15) is 10.1 Å². The second-order valence-corrected chi connectivity index (χ2v) is 6.17. The normalized spacial score (nSPS) is 9.29. The van der Waals surface area contributed by atoms with E-state index < -0.39 is 4.92 Å². The van der Waals surface area contributed by atoms with Crippen molar-refractivity contribution in [1.29, 1.82) is 10.5 Å². The summed E-state index contributed by atoms with van der Waals surface area (Å²) in [4.78, 5) is 14.6. The molecule has 0 saturated heterocycles. The molecule has 1 aromatic rings. The van der Waals surface area contributed by atoms with Crippen LogP contribution in [0.2, 0.25) is 0 Å². The monoisotopic (exact) mass is 361 g/mol. The SMILES string of the molecule is N#C[Se]Cc1ccc(C[Se]C#N)c([N+](=O)[O-])c1. The predicted molar refractivity (Wildman–Crippen MR) is 63.2 cm³/mol. The Balaban J connectivity index is 2.97. The van der Waals surface area contributed by atoms with E-state index in [2.05, 4.69) is 4.97 Å². The van der Waals surface area contributed by atoms with E-state index in [-0.39, 0.29) is 35.6 Å². The van der Waals surface area contributed by atoms with Gasteiger partial charge < -0.3 is 0 Å². The van der Waals surface area contributed by atoms with Crippen LogP contribution >= 0.6 is 0 Å². The molecular weight excluding hydrogens is 352 g/mol. The first kappa shape index (κ1) is 13.7. The van der Waals surface area contributed by atoms with E-state index in [0.717, 1.165) is 5.56 Å². The first-order valence-electron chi connectivity index (χ1n) is 4.47. The zero-order valence-corrected chi connectivity index (χ0v) is 12.0. The van der Waals surface area contributed by atoms with Crippen LogP contribution < -0.4 is 0 Å². The maximum atomic E-state index is 10.9. The Morgan fingerprint density at radius 3 is 2.47 bits per heavy atom. The Bertz CT molecular complexity index is 505. The van der Waals surface area contributed by atoms with Gasteiger partial charge in [0.1, 0.15) is 0 Å². The summed E-state index contributed by atoms with van der Waals surface area (Å²) in [6, 6.07) is 5.01. The summed E-state index contributed by atoms with van der Waals surface area (Å²) in [6.07, 6.45) is 0. The molecule has 0 fully saturated rings. The van der Waals surface area contributed by atoms with Crippen molar-refractivity contribution in [3.05, 3.63) is 39.4 Å². The molecular formula is C10H7N3O2Se2. The van der Waals surface area contributed by atoms with Crippen molar-refractivity contribution in [1.82, 2.24) is 0 Å². The molecule has 17 heavy (non-hydrogen) atoms. The van der Waals surface area contributed by atoms with Crippen molar-refractivity contribution in [3.8, 4) is 9.94 Å². The van der Waals surface area contributed by atoms with Crippen molar-refractivity contribution < 1.29 is 4.92 Å². The van der Waals surface area contributed by atoms with Gasteiger partial charge in [0.15, 0.2) is 0 Å². The van der Waals surface area contributed by atoms with Gasteiger partial charge in [-0.2, -0.15) is 0 Å². The summed E-state index contributed by atoms with van der Waals surface area (Å²) in [5.41, 5.74) is 1.48. The molecule has 0 unspecified atom stereocenters. The van der Waals surface area contributed by atoms with Crippen molar-refractivity contribution in [3.63, 3.8) is 0 Å². The molecule has 0 aromatic heterocycles. The van der Waals surface area contributed by atoms with Gasteiger partial charge in [-0.3, -0.25) is 0 Å². The Morgan fingerprint density at radius 1 is 1.24 bits per heavy atom. The Morgan fingerprint density at radius 2 is 1.88 bits per heavy atom. The van der Waals surface area contributed by atoms with Gasteiger partial charge in [-0.05, 0) is 0 Å². The van der Waals surface area contributed by atoms with E-state index in [4.69, 9.17) is 10.5 Å². The molecule has 86 valence electrons. The molecule has 0 aliphatic rings. The van der Waals surface area contributed by atoms with Gasteiger partial charge >= 0.3 is 111 Å². The fourth-order valence-electron chi connectivity index (χ4n) is 1.22. The third-order valence-electron chi connectivity index (χ3n) is 1.94. The van der Waals surface area contributed by atoms with E-state index in [1.165, 1.54) is 6.07 Å². The Hall–Kier alpha value is -1.36. The van der Waals surface area contributed by atoms with Crippen LogP contribution in [0.1, 0.15) is 11.1 Å². The first-order chi connectivity index (χ1) is 8.19. The Labute approximate surface area is 111 Å².